The molecule has 0 aromatic heterocycles. The van der Waals surface area contributed by atoms with Gasteiger partial charge in [0.2, 0.25) is 0 Å². The number of hydrogen-bond donors (Lipinski definition) is 1. The molecule has 0 spiro atoms. The normalized spacial score (nSPS) is 10.0. The maximum absolute atomic E-state index is 5.04. The largest absolute Gasteiger partial charge is 0.327 e. The fraction of sp³-hybridized carbons (Fsp3) is 0.333. The van der Waals surface area contributed by atoms with E-state index in [9.17, 15) is 0 Å². The zero-order valence-corrected chi connectivity index (χ0v) is 3.57. The molecule has 0 rings (SSSR count). The molecule has 0 aliphatic heterocycles. The van der Waals surface area contributed by atoms with Crippen molar-refractivity contribution in [1.29, 1.82) is 0 Å². The van der Waals surface area contributed by atoms with Crippen molar-refractivity contribution in [3.05, 3.63) is 11.6 Å². The van der Waals surface area contributed by atoms with Crippen LogP contribution in [-0.4, -0.2) is 6.54 Å². The summed E-state index contributed by atoms with van der Waals surface area (Å²) in [6.07, 6.45) is 1.67. The van der Waals surface area contributed by atoms with Crippen LogP contribution >= 0.6 is 11.6 Å². The highest BCUT2D eigenvalue weighted by Gasteiger charge is 1.53. The van der Waals surface area contributed by atoms with Crippen LogP contribution in [0.1, 0.15) is 0 Å². The lowest BCUT2D eigenvalue weighted by molar-refractivity contribution is 1.26. The Kier molecular flexibility index (Phi) is 3.98. The lowest BCUT2D eigenvalue weighted by atomic mass is 10.7. The Balaban J connectivity index is 2.62. The van der Waals surface area contributed by atoms with Crippen molar-refractivity contribution in [1.82, 2.24) is 0 Å². The molecule has 0 aromatic carbocycles. The van der Waals surface area contributed by atoms with Gasteiger partial charge in [-0.25, -0.2) is 0 Å². The molecule has 2 heteroatoms. The molecule has 5 heavy (non-hydrogen) atoms. The van der Waals surface area contributed by atoms with E-state index in [0.29, 0.717) is 6.54 Å². The second-order valence-corrected chi connectivity index (χ2v) is 0.849. The maximum Gasteiger partial charge on any atom is 0.0118 e. The lowest BCUT2D eigenvalue weighted by Crippen LogP contribution is -1.90. The third-order valence-electron chi connectivity index (χ3n) is 0.225. The van der Waals surface area contributed by atoms with Crippen LogP contribution < -0.4 is 5.73 Å². The number of hydrogen-bond acceptors (Lipinski definition) is 1. The molecule has 0 aliphatic rings. The molecular weight excluding hydrogens is 85.5 g/mol. The van der Waals surface area contributed by atoms with E-state index < -0.39 is 0 Å². The SMILES string of the molecule is NC/C=C\Cl. The number of halogens is 1. The third kappa shape index (κ3) is 3.99. The zero-order chi connectivity index (χ0) is 4.12. The second kappa shape index (κ2) is 3.99. The Hall–Kier alpha value is -0.0100. The average Bonchev–Trinajstić information content (AvgIpc) is 1.41. The van der Waals surface area contributed by atoms with Crippen molar-refractivity contribution in [2.45, 2.75) is 0 Å². The molecule has 0 fully saturated rings. The van der Waals surface area contributed by atoms with E-state index in [0.717, 1.165) is 0 Å². The summed E-state index contributed by atoms with van der Waals surface area (Å²) in [5, 5.41) is 0. The summed E-state index contributed by atoms with van der Waals surface area (Å²) >= 11 is 5.04. The van der Waals surface area contributed by atoms with Crippen LogP contribution in [0.4, 0.5) is 0 Å². The lowest BCUT2D eigenvalue weighted by Gasteiger charge is -1.65. The first-order valence-electron chi connectivity index (χ1n) is 1.37. The summed E-state index contributed by atoms with van der Waals surface area (Å²) in [4.78, 5) is 0. The van der Waals surface area contributed by atoms with Gasteiger partial charge in [0.25, 0.3) is 0 Å². The van der Waals surface area contributed by atoms with Crippen molar-refractivity contribution < 1.29 is 0 Å². The first-order valence-corrected chi connectivity index (χ1v) is 1.80. The highest BCUT2D eigenvalue weighted by Crippen LogP contribution is 1.70. The van der Waals surface area contributed by atoms with Crippen LogP contribution in [0.2, 0.25) is 0 Å². The quantitative estimate of drug-likeness (QED) is 0.505. The predicted octanol–water partition coefficient (Wildman–Crippen LogP) is 0.698. The summed E-state index contributed by atoms with van der Waals surface area (Å²) in [5.74, 6) is 0. The molecule has 1 nitrogen and oxygen atoms in total. The molecule has 0 aromatic rings. The minimum Gasteiger partial charge on any atom is -0.327 e. The number of nitrogens with two attached hydrogens (primary N) is 1. The van der Waals surface area contributed by atoms with E-state index in [1.54, 1.807) is 6.08 Å². The van der Waals surface area contributed by atoms with Gasteiger partial charge in [-0.2, -0.15) is 0 Å². The fourth-order valence-electron chi connectivity index (χ4n) is 0.0514. The highest BCUT2D eigenvalue weighted by atomic mass is 35.5. The molecule has 0 atom stereocenters. The third-order valence-corrected chi connectivity index (χ3v) is 0.403. The predicted molar refractivity (Wildman–Crippen MR) is 24.0 cm³/mol. The summed E-state index contributed by atoms with van der Waals surface area (Å²) in [6.45, 7) is 0.531. The van der Waals surface area contributed by atoms with Crippen molar-refractivity contribution in [2.75, 3.05) is 6.54 Å². The Bertz CT molecular complexity index is 33.9. The van der Waals surface area contributed by atoms with Crippen molar-refractivity contribution in [3.8, 4) is 0 Å². The van der Waals surface area contributed by atoms with Crippen LogP contribution in [0.3, 0.4) is 0 Å². The highest BCUT2D eigenvalue weighted by molar-refractivity contribution is 6.25. The van der Waals surface area contributed by atoms with Crippen LogP contribution in [-0.2, 0) is 0 Å². The van der Waals surface area contributed by atoms with Gasteiger partial charge in [0.05, 0.1) is 0 Å². The monoisotopic (exact) mass is 91.0 g/mol. The van der Waals surface area contributed by atoms with Gasteiger partial charge in [-0.3, -0.25) is 0 Å². The van der Waals surface area contributed by atoms with Gasteiger partial charge in [0.15, 0.2) is 0 Å². The second-order valence-electron chi connectivity index (χ2n) is 0.597. The van der Waals surface area contributed by atoms with Crippen molar-refractivity contribution >= 4 is 11.6 Å². The van der Waals surface area contributed by atoms with Gasteiger partial charge in [0, 0.05) is 12.1 Å². The van der Waals surface area contributed by atoms with E-state index in [1.807, 2.05) is 0 Å². The fourth-order valence-corrected chi connectivity index (χ4v) is 0.154. The molecule has 0 bridgehead atoms. The summed E-state index contributed by atoms with van der Waals surface area (Å²) in [6, 6.07) is 0. The van der Waals surface area contributed by atoms with E-state index >= 15 is 0 Å². The zero-order valence-electron chi connectivity index (χ0n) is 2.82. The maximum atomic E-state index is 5.04. The molecule has 0 heterocycles. The molecular formula is C3H6ClN. The van der Waals surface area contributed by atoms with E-state index in [1.165, 1.54) is 5.54 Å². The Labute approximate surface area is 36.4 Å². The van der Waals surface area contributed by atoms with Crippen molar-refractivity contribution in [3.63, 3.8) is 0 Å². The molecule has 0 saturated carbocycles. The van der Waals surface area contributed by atoms with Gasteiger partial charge < -0.3 is 5.73 Å². The summed E-state index contributed by atoms with van der Waals surface area (Å²) in [5.41, 5.74) is 6.37. The Morgan fingerprint density at radius 3 is 2.40 bits per heavy atom. The van der Waals surface area contributed by atoms with Crippen LogP contribution in [0.5, 0.6) is 0 Å². The summed E-state index contributed by atoms with van der Waals surface area (Å²) < 4.78 is 0. The van der Waals surface area contributed by atoms with Crippen LogP contribution in [0.25, 0.3) is 0 Å². The van der Waals surface area contributed by atoms with Crippen LogP contribution in [0, 0.1) is 0 Å². The molecule has 0 saturated heterocycles. The molecule has 0 radical (unpaired) electrons. The smallest absolute Gasteiger partial charge is 0.0118 e. The molecule has 30 valence electrons. The van der Waals surface area contributed by atoms with Crippen molar-refractivity contribution in [2.24, 2.45) is 5.73 Å². The molecule has 0 aliphatic carbocycles. The van der Waals surface area contributed by atoms with Gasteiger partial charge in [-0.05, 0) is 0 Å². The number of rotatable bonds is 1. The van der Waals surface area contributed by atoms with Gasteiger partial charge >= 0.3 is 0 Å². The average molecular weight is 91.5 g/mol. The van der Waals surface area contributed by atoms with Crippen LogP contribution in [0.15, 0.2) is 11.6 Å². The van der Waals surface area contributed by atoms with Gasteiger partial charge in [-0.15, -0.1) is 0 Å². The van der Waals surface area contributed by atoms with E-state index in [-0.39, 0.29) is 0 Å². The standard InChI is InChI=1S/C3H6ClN/c4-2-1-3-5/h1-2H,3,5H2/b2-1-. The molecule has 0 amide bonds. The van der Waals surface area contributed by atoms with Gasteiger partial charge in [-0.1, -0.05) is 17.7 Å². The Morgan fingerprint density at radius 1 is 1.80 bits per heavy atom. The summed E-state index contributed by atoms with van der Waals surface area (Å²) in [7, 11) is 0. The van der Waals surface area contributed by atoms with Gasteiger partial charge in [0.1, 0.15) is 0 Å². The minimum absolute atomic E-state index is 0.531. The minimum atomic E-state index is 0.531. The molecule has 0 unspecified atom stereocenters. The van der Waals surface area contributed by atoms with E-state index in [4.69, 9.17) is 17.3 Å². The van der Waals surface area contributed by atoms with E-state index in [2.05, 4.69) is 0 Å². The molecule has 2 N–H and O–H groups in total. The topological polar surface area (TPSA) is 26.0 Å². The first-order chi connectivity index (χ1) is 2.41. The first kappa shape index (κ1) is 4.99. The Morgan fingerprint density at radius 2 is 2.40 bits per heavy atom.